The average molecular weight is 206 g/mol. The minimum atomic E-state index is 1.14. The van der Waals surface area contributed by atoms with Crippen molar-refractivity contribution in [1.29, 1.82) is 0 Å². The quantitative estimate of drug-likeness (QED) is 0.561. The van der Waals surface area contributed by atoms with Crippen molar-refractivity contribution in [3.8, 4) is 0 Å². The molecule has 0 aliphatic carbocycles. The first-order chi connectivity index (χ1) is 7.36. The summed E-state index contributed by atoms with van der Waals surface area (Å²) in [6, 6.07) is 2.22. The van der Waals surface area contributed by atoms with E-state index >= 15 is 0 Å². The molecule has 1 radical (unpaired) electrons. The summed E-state index contributed by atoms with van der Waals surface area (Å²) in [4.78, 5) is 0. The Kier molecular flexibility index (Phi) is 6.22. The lowest BCUT2D eigenvalue weighted by atomic mass is 10.1. The second-order valence-electron chi connectivity index (χ2n) is 4.31. The SMILES string of the molecule is CCCCCc1[c]n(CCCCC)cc1. The Morgan fingerprint density at radius 2 is 1.80 bits per heavy atom. The van der Waals surface area contributed by atoms with E-state index in [4.69, 9.17) is 0 Å². The van der Waals surface area contributed by atoms with Crippen molar-refractivity contribution in [3.05, 3.63) is 24.0 Å². The first kappa shape index (κ1) is 12.4. The Bertz CT molecular complexity index is 225. The van der Waals surface area contributed by atoms with Crippen LogP contribution in [0.4, 0.5) is 0 Å². The Hall–Kier alpha value is -0.720. The van der Waals surface area contributed by atoms with Crippen molar-refractivity contribution in [3.63, 3.8) is 0 Å². The monoisotopic (exact) mass is 206 g/mol. The van der Waals surface area contributed by atoms with Gasteiger partial charge in [0.2, 0.25) is 0 Å². The third-order valence-corrected chi connectivity index (χ3v) is 2.80. The molecule has 0 fully saturated rings. The van der Waals surface area contributed by atoms with Gasteiger partial charge < -0.3 is 4.57 Å². The van der Waals surface area contributed by atoms with Crippen LogP contribution in [0.1, 0.15) is 57.9 Å². The summed E-state index contributed by atoms with van der Waals surface area (Å²) >= 11 is 0. The van der Waals surface area contributed by atoms with Crippen LogP contribution in [0.5, 0.6) is 0 Å². The predicted molar refractivity (Wildman–Crippen MR) is 66.0 cm³/mol. The van der Waals surface area contributed by atoms with Crippen LogP contribution in [0, 0.1) is 6.20 Å². The zero-order chi connectivity index (χ0) is 10.9. The summed E-state index contributed by atoms with van der Waals surface area (Å²) < 4.78 is 2.22. The van der Waals surface area contributed by atoms with Crippen LogP contribution in [0.25, 0.3) is 0 Å². The topological polar surface area (TPSA) is 4.93 Å². The maximum absolute atomic E-state index is 3.45. The molecular weight excluding hydrogens is 182 g/mol. The molecule has 0 N–H and O–H groups in total. The van der Waals surface area contributed by atoms with Gasteiger partial charge >= 0.3 is 0 Å². The van der Waals surface area contributed by atoms with Gasteiger partial charge in [0.15, 0.2) is 0 Å². The Labute approximate surface area is 94.5 Å². The van der Waals surface area contributed by atoms with Gasteiger partial charge in [0, 0.05) is 12.7 Å². The van der Waals surface area contributed by atoms with E-state index in [1.165, 1.54) is 50.5 Å². The van der Waals surface area contributed by atoms with Crippen molar-refractivity contribution in [2.45, 2.75) is 65.3 Å². The first-order valence-corrected chi connectivity index (χ1v) is 6.44. The van der Waals surface area contributed by atoms with Crippen LogP contribution in [-0.4, -0.2) is 4.57 Å². The number of aryl methyl sites for hydroxylation is 2. The van der Waals surface area contributed by atoms with Crippen LogP contribution < -0.4 is 0 Å². The number of aromatic nitrogens is 1. The summed E-state index contributed by atoms with van der Waals surface area (Å²) in [5, 5.41) is 0. The maximum atomic E-state index is 3.45. The fourth-order valence-electron chi connectivity index (χ4n) is 1.81. The molecule has 0 atom stereocenters. The molecule has 0 bridgehead atoms. The fourth-order valence-corrected chi connectivity index (χ4v) is 1.81. The van der Waals surface area contributed by atoms with Crippen molar-refractivity contribution < 1.29 is 0 Å². The number of rotatable bonds is 8. The highest BCUT2D eigenvalue weighted by Gasteiger charge is 1.97. The zero-order valence-electron chi connectivity index (χ0n) is 10.3. The lowest BCUT2D eigenvalue weighted by Gasteiger charge is -2.00. The predicted octanol–water partition coefficient (Wildman–Crippen LogP) is 4.21. The molecule has 0 unspecified atom stereocenters. The maximum Gasteiger partial charge on any atom is 0.0683 e. The lowest BCUT2D eigenvalue weighted by molar-refractivity contribution is 0.600. The molecule has 0 aliphatic rings. The smallest absolute Gasteiger partial charge is 0.0683 e. The number of hydrogen-bond donors (Lipinski definition) is 0. The van der Waals surface area contributed by atoms with E-state index in [2.05, 4.69) is 36.9 Å². The molecule has 0 spiro atoms. The minimum absolute atomic E-state index is 1.14. The highest BCUT2D eigenvalue weighted by Crippen LogP contribution is 2.08. The van der Waals surface area contributed by atoms with E-state index in [-0.39, 0.29) is 0 Å². The molecule has 0 aromatic carbocycles. The van der Waals surface area contributed by atoms with Crippen LogP contribution >= 0.6 is 0 Å². The number of nitrogens with zero attached hydrogens (tertiary/aromatic N) is 1. The molecule has 1 rings (SSSR count). The Morgan fingerprint density at radius 3 is 2.53 bits per heavy atom. The van der Waals surface area contributed by atoms with Crippen LogP contribution in [0.3, 0.4) is 0 Å². The summed E-state index contributed by atoms with van der Waals surface area (Å²) in [6.07, 6.45) is 14.7. The molecule has 1 aromatic rings. The molecule has 0 saturated carbocycles. The molecular formula is C14H24N. The molecule has 1 aromatic heterocycles. The highest BCUT2D eigenvalue weighted by molar-refractivity contribution is 5.08. The van der Waals surface area contributed by atoms with Crippen molar-refractivity contribution >= 4 is 0 Å². The van der Waals surface area contributed by atoms with Gasteiger partial charge in [0.05, 0.1) is 6.20 Å². The van der Waals surface area contributed by atoms with E-state index in [1.807, 2.05) is 0 Å². The van der Waals surface area contributed by atoms with Gasteiger partial charge in [-0.2, -0.15) is 0 Å². The van der Waals surface area contributed by atoms with Gasteiger partial charge in [-0.25, -0.2) is 0 Å². The largest absolute Gasteiger partial charge is 0.346 e. The Morgan fingerprint density at radius 1 is 1.07 bits per heavy atom. The van der Waals surface area contributed by atoms with Gasteiger partial charge in [-0.3, -0.25) is 0 Å². The second kappa shape index (κ2) is 7.56. The normalized spacial score (nSPS) is 10.8. The van der Waals surface area contributed by atoms with Crippen molar-refractivity contribution in [1.82, 2.24) is 4.57 Å². The van der Waals surface area contributed by atoms with Crippen molar-refractivity contribution in [2.24, 2.45) is 0 Å². The standard InChI is InChI=1S/C14H24N/c1-3-5-7-9-14-10-12-15(13-14)11-8-6-4-2/h10,12H,3-9,11H2,1-2H3. The summed E-state index contributed by atoms with van der Waals surface area (Å²) in [7, 11) is 0. The van der Waals surface area contributed by atoms with Gasteiger partial charge in [-0.05, 0) is 30.9 Å². The van der Waals surface area contributed by atoms with Gasteiger partial charge in [-0.15, -0.1) is 0 Å². The van der Waals surface area contributed by atoms with E-state index in [0.717, 1.165) is 6.54 Å². The van der Waals surface area contributed by atoms with Crippen LogP contribution in [-0.2, 0) is 13.0 Å². The number of unbranched alkanes of at least 4 members (excludes halogenated alkanes) is 4. The molecule has 85 valence electrons. The van der Waals surface area contributed by atoms with Crippen molar-refractivity contribution in [2.75, 3.05) is 0 Å². The van der Waals surface area contributed by atoms with E-state index in [0.29, 0.717) is 0 Å². The third-order valence-electron chi connectivity index (χ3n) is 2.80. The first-order valence-electron chi connectivity index (χ1n) is 6.44. The second-order valence-corrected chi connectivity index (χ2v) is 4.31. The number of hydrogen-bond acceptors (Lipinski definition) is 0. The molecule has 1 heterocycles. The molecule has 1 nitrogen and oxygen atoms in total. The molecule has 1 heteroatoms. The summed E-state index contributed by atoms with van der Waals surface area (Å²) in [5.41, 5.74) is 1.39. The lowest BCUT2D eigenvalue weighted by Crippen LogP contribution is -1.94. The zero-order valence-corrected chi connectivity index (χ0v) is 10.3. The van der Waals surface area contributed by atoms with Gasteiger partial charge in [0.1, 0.15) is 0 Å². The van der Waals surface area contributed by atoms with E-state index in [9.17, 15) is 0 Å². The minimum Gasteiger partial charge on any atom is -0.346 e. The Balaban J connectivity index is 2.23. The molecule has 0 amide bonds. The molecule has 0 saturated heterocycles. The average Bonchev–Trinajstić information content (AvgIpc) is 2.67. The van der Waals surface area contributed by atoms with E-state index < -0.39 is 0 Å². The molecule has 15 heavy (non-hydrogen) atoms. The summed E-state index contributed by atoms with van der Waals surface area (Å²) in [6.45, 7) is 5.64. The van der Waals surface area contributed by atoms with Crippen LogP contribution in [0.2, 0.25) is 0 Å². The molecule has 0 aliphatic heterocycles. The van der Waals surface area contributed by atoms with Crippen LogP contribution in [0.15, 0.2) is 12.3 Å². The summed E-state index contributed by atoms with van der Waals surface area (Å²) in [5.74, 6) is 0. The highest BCUT2D eigenvalue weighted by atomic mass is 14.9. The van der Waals surface area contributed by atoms with Gasteiger partial charge in [0.25, 0.3) is 0 Å². The third kappa shape index (κ3) is 5.06. The fraction of sp³-hybridized carbons (Fsp3) is 0.714. The van der Waals surface area contributed by atoms with Gasteiger partial charge in [-0.1, -0.05) is 39.5 Å². The van der Waals surface area contributed by atoms with E-state index in [1.54, 1.807) is 0 Å².